The monoisotopic (exact) mass is 290 g/mol. The zero-order valence-electron chi connectivity index (χ0n) is 11.7. The molecule has 0 aliphatic rings. The van der Waals surface area contributed by atoms with Gasteiger partial charge in [-0.15, -0.1) is 11.3 Å². The van der Waals surface area contributed by atoms with E-state index in [4.69, 9.17) is 4.74 Å². The molecule has 2 rings (SSSR count). The van der Waals surface area contributed by atoms with Crippen LogP contribution in [-0.2, 0) is 22.4 Å². The number of thiophene rings is 1. The van der Waals surface area contributed by atoms with Gasteiger partial charge in [0.05, 0.1) is 13.0 Å². The molecule has 2 heterocycles. The molecule has 0 saturated carbocycles. The molecular weight excluding hydrogens is 272 g/mol. The summed E-state index contributed by atoms with van der Waals surface area (Å²) in [4.78, 5) is 17.3. The lowest BCUT2D eigenvalue weighted by Gasteiger charge is -2.06. The number of aryl methyl sites for hydroxylation is 1. The van der Waals surface area contributed by atoms with E-state index in [1.165, 1.54) is 4.88 Å². The fourth-order valence-corrected chi connectivity index (χ4v) is 2.60. The quantitative estimate of drug-likeness (QED) is 0.890. The second kappa shape index (κ2) is 7.17. The van der Waals surface area contributed by atoms with E-state index >= 15 is 0 Å². The molecule has 5 heteroatoms. The lowest BCUT2D eigenvalue weighted by Crippen LogP contribution is -2.15. The summed E-state index contributed by atoms with van der Waals surface area (Å²) in [7, 11) is 1.67. The van der Waals surface area contributed by atoms with Gasteiger partial charge in [0, 0.05) is 18.2 Å². The van der Waals surface area contributed by atoms with E-state index < -0.39 is 0 Å². The summed E-state index contributed by atoms with van der Waals surface area (Å²) in [5, 5.41) is 4.84. The van der Waals surface area contributed by atoms with Gasteiger partial charge in [-0.25, -0.2) is 4.98 Å². The Labute approximate surface area is 122 Å². The van der Waals surface area contributed by atoms with E-state index in [0.29, 0.717) is 18.8 Å². The first-order chi connectivity index (χ1) is 9.69. The Morgan fingerprint density at radius 2 is 2.30 bits per heavy atom. The standard InChI is InChI=1S/C15H18N2O2S/c1-11-13(5-8-20-11)10-15(18)17-14-9-12(3-6-16-14)4-7-19-2/h3,5-6,8-9H,4,7,10H2,1-2H3,(H,16,17,18). The van der Waals surface area contributed by atoms with E-state index in [1.54, 1.807) is 24.6 Å². The van der Waals surface area contributed by atoms with E-state index in [-0.39, 0.29) is 5.91 Å². The normalized spacial score (nSPS) is 10.5. The smallest absolute Gasteiger partial charge is 0.229 e. The van der Waals surface area contributed by atoms with Crippen molar-refractivity contribution in [1.29, 1.82) is 0 Å². The van der Waals surface area contributed by atoms with Crippen molar-refractivity contribution >= 4 is 23.1 Å². The van der Waals surface area contributed by atoms with Gasteiger partial charge in [0.2, 0.25) is 5.91 Å². The summed E-state index contributed by atoms with van der Waals surface area (Å²) in [6, 6.07) is 5.80. The highest BCUT2D eigenvalue weighted by Crippen LogP contribution is 2.16. The van der Waals surface area contributed by atoms with Gasteiger partial charge in [0.1, 0.15) is 5.82 Å². The van der Waals surface area contributed by atoms with E-state index in [1.807, 2.05) is 30.5 Å². The molecular formula is C15H18N2O2S. The second-order valence-electron chi connectivity index (χ2n) is 4.52. The molecule has 106 valence electrons. The van der Waals surface area contributed by atoms with Crippen LogP contribution in [0.2, 0.25) is 0 Å². The number of nitrogens with zero attached hydrogens (tertiary/aromatic N) is 1. The average molecular weight is 290 g/mol. The van der Waals surface area contributed by atoms with Gasteiger partial charge in [-0.1, -0.05) is 0 Å². The third kappa shape index (κ3) is 4.15. The van der Waals surface area contributed by atoms with Crippen molar-refractivity contribution in [2.45, 2.75) is 19.8 Å². The van der Waals surface area contributed by atoms with Crippen LogP contribution in [0.4, 0.5) is 5.82 Å². The number of ether oxygens (including phenoxy) is 1. The fourth-order valence-electron chi connectivity index (χ4n) is 1.87. The van der Waals surface area contributed by atoms with Gasteiger partial charge < -0.3 is 10.1 Å². The number of carbonyl (C=O) groups excluding carboxylic acids is 1. The van der Waals surface area contributed by atoms with Crippen molar-refractivity contribution in [3.05, 3.63) is 45.8 Å². The maximum atomic E-state index is 12.0. The summed E-state index contributed by atoms with van der Waals surface area (Å²) in [5.41, 5.74) is 2.17. The molecule has 20 heavy (non-hydrogen) atoms. The largest absolute Gasteiger partial charge is 0.384 e. The van der Waals surface area contributed by atoms with Crippen LogP contribution < -0.4 is 5.32 Å². The van der Waals surface area contributed by atoms with Crippen molar-refractivity contribution < 1.29 is 9.53 Å². The van der Waals surface area contributed by atoms with Crippen LogP contribution in [0.1, 0.15) is 16.0 Å². The van der Waals surface area contributed by atoms with Gasteiger partial charge in [-0.2, -0.15) is 0 Å². The minimum atomic E-state index is -0.0390. The first-order valence-corrected chi connectivity index (χ1v) is 7.33. The predicted molar refractivity (Wildman–Crippen MR) is 81.2 cm³/mol. The Hall–Kier alpha value is -1.72. The number of amides is 1. The van der Waals surface area contributed by atoms with Crippen LogP contribution in [0.15, 0.2) is 29.8 Å². The molecule has 2 aromatic heterocycles. The molecule has 0 saturated heterocycles. The van der Waals surface area contributed by atoms with E-state index in [2.05, 4.69) is 10.3 Å². The average Bonchev–Trinajstić information content (AvgIpc) is 2.82. The van der Waals surface area contributed by atoms with Crippen LogP contribution in [0.25, 0.3) is 0 Å². The summed E-state index contributed by atoms with van der Waals surface area (Å²) in [6.07, 6.45) is 2.90. The van der Waals surface area contributed by atoms with Gasteiger partial charge in [-0.3, -0.25) is 4.79 Å². The maximum Gasteiger partial charge on any atom is 0.229 e. The van der Waals surface area contributed by atoms with Gasteiger partial charge in [0.25, 0.3) is 0 Å². The van der Waals surface area contributed by atoms with Crippen molar-refractivity contribution in [3.8, 4) is 0 Å². The topological polar surface area (TPSA) is 51.2 Å². The Morgan fingerprint density at radius 1 is 1.45 bits per heavy atom. The van der Waals surface area contributed by atoms with Crippen molar-refractivity contribution in [2.75, 3.05) is 19.0 Å². The molecule has 0 bridgehead atoms. The highest BCUT2D eigenvalue weighted by molar-refractivity contribution is 7.10. The van der Waals surface area contributed by atoms with Crippen molar-refractivity contribution in [2.24, 2.45) is 0 Å². The number of anilines is 1. The van der Waals surface area contributed by atoms with E-state index in [9.17, 15) is 4.79 Å². The van der Waals surface area contributed by atoms with Gasteiger partial charge in [-0.05, 0) is 48.1 Å². The summed E-state index contributed by atoms with van der Waals surface area (Å²) < 4.78 is 5.04. The van der Waals surface area contributed by atoms with Crippen LogP contribution in [0.3, 0.4) is 0 Å². The maximum absolute atomic E-state index is 12.0. The predicted octanol–water partition coefficient (Wildman–Crippen LogP) is 2.82. The Kier molecular flexibility index (Phi) is 5.26. The number of rotatable bonds is 6. The molecule has 0 radical (unpaired) electrons. The minimum Gasteiger partial charge on any atom is -0.384 e. The lowest BCUT2D eigenvalue weighted by molar-refractivity contribution is -0.115. The molecule has 4 nitrogen and oxygen atoms in total. The molecule has 0 aromatic carbocycles. The molecule has 2 aromatic rings. The number of hydrogen-bond donors (Lipinski definition) is 1. The number of aromatic nitrogens is 1. The summed E-state index contributed by atoms with van der Waals surface area (Å²) in [6.45, 7) is 2.68. The van der Waals surface area contributed by atoms with E-state index in [0.717, 1.165) is 17.5 Å². The summed E-state index contributed by atoms with van der Waals surface area (Å²) >= 11 is 1.65. The molecule has 0 aliphatic heterocycles. The number of methoxy groups -OCH3 is 1. The first kappa shape index (κ1) is 14.7. The van der Waals surface area contributed by atoms with Crippen LogP contribution in [0.5, 0.6) is 0 Å². The molecule has 0 fully saturated rings. The SMILES string of the molecule is COCCc1ccnc(NC(=O)Cc2ccsc2C)c1. The van der Waals surface area contributed by atoms with Gasteiger partial charge in [0.15, 0.2) is 0 Å². The third-order valence-electron chi connectivity index (χ3n) is 3.00. The molecule has 1 N–H and O–H groups in total. The Bertz CT molecular complexity index is 581. The zero-order valence-corrected chi connectivity index (χ0v) is 12.5. The third-order valence-corrected chi connectivity index (χ3v) is 3.89. The summed E-state index contributed by atoms with van der Waals surface area (Å²) in [5.74, 6) is 0.555. The number of nitrogens with one attached hydrogen (secondary N) is 1. The number of hydrogen-bond acceptors (Lipinski definition) is 4. The fraction of sp³-hybridized carbons (Fsp3) is 0.333. The minimum absolute atomic E-state index is 0.0390. The first-order valence-electron chi connectivity index (χ1n) is 6.45. The second-order valence-corrected chi connectivity index (χ2v) is 5.64. The molecule has 0 aliphatic carbocycles. The van der Waals surface area contributed by atoms with Crippen LogP contribution in [0, 0.1) is 6.92 Å². The van der Waals surface area contributed by atoms with Gasteiger partial charge >= 0.3 is 0 Å². The molecule has 0 spiro atoms. The zero-order chi connectivity index (χ0) is 14.4. The number of pyridine rings is 1. The van der Waals surface area contributed by atoms with Crippen LogP contribution >= 0.6 is 11.3 Å². The number of carbonyl (C=O) groups is 1. The van der Waals surface area contributed by atoms with Crippen LogP contribution in [-0.4, -0.2) is 24.6 Å². The molecule has 0 unspecified atom stereocenters. The van der Waals surface area contributed by atoms with Crippen molar-refractivity contribution in [1.82, 2.24) is 4.98 Å². The lowest BCUT2D eigenvalue weighted by atomic mass is 10.2. The molecule has 1 amide bonds. The molecule has 0 atom stereocenters. The highest BCUT2D eigenvalue weighted by Gasteiger charge is 2.08. The Balaban J connectivity index is 1.95. The Morgan fingerprint density at radius 3 is 3.00 bits per heavy atom. The van der Waals surface area contributed by atoms with Crippen molar-refractivity contribution in [3.63, 3.8) is 0 Å². The highest BCUT2D eigenvalue weighted by atomic mass is 32.1.